The first-order valence-corrected chi connectivity index (χ1v) is 5.58. The van der Waals surface area contributed by atoms with E-state index in [1.54, 1.807) is 0 Å². The van der Waals surface area contributed by atoms with E-state index in [1.807, 2.05) is 0 Å². The Morgan fingerprint density at radius 1 is 1.21 bits per heavy atom. The van der Waals surface area contributed by atoms with Gasteiger partial charge in [-0.15, -0.1) is 0 Å². The highest BCUT2D eigenvalue weighted by Gasteiger charge is 2.00. The first-order chi connectivity index (χ1) is 6.70. The van der Waals surface area contributed by atoms with E-state index in [4.69, 9.17) is 4.74 Å². The molecule has 0 rings (SSSR count). The number of carbonyl (C=O) groups is 1. The molecule has 0 aromatic heterocycles. The zero-order valence-corrected chi connectivity index (χ0v) is 9.64. The maximum absolute atomic E-state index is 10.8. The molecule has 0 saturated heterocycles. The smallest absolute Gasteiger partial charge is 0.307 e. The molecule has 0 spiro atoms. The molecule has 0 N–H and O–H groups in total. The average Bonchev–Trinajstić information content (AvgIpc) is 2.12. The van der Waals surface area contributed by atoms with Crippen molar-refractivity contribution >= 4 is 5.97 Å². The van der Waals surface area contributed by atoms with Crippen LogP contribution in [0, 0.1) is 0 Å². The van der Waals surface area contributed by atoms with Crippen LogP contribution < -0.4 is 0 Å². The molecule has 0 fully saturated rings. The largest absolute Gasteiger partial charge is 0.432 e. The standard InChI is InChI=1S/C12H22O2/c1-4-6-7-8-10-12(9-5-2)14-11(3)13/h10H,4-9H2,1-3H3. The van der Waals surface area contributed by atoms with E-state index in [0.717, 1.165) is 25.0 Å². The number of ether oxygens (including phenoxy) is 1. The normalized spacial score (nSPS) is 11.5. The molecule has 0 unspecified atom stereocenters. The highest BCUT2D eigenvalue weighted by molar-refractivity contribution is 5.67. The van der Waals surface area contributed by atoms with Crippen molar-refractivity contribution in [2.24, 2.45) is 0 Å². The van der Waals surface area contributed by atoms with Gasteiger partial charge in [0.25, 0.3) is 0 Å². The fourth-order valence-corrected chi connectivity index (χ4v) is 1.28. The Balaban J connectivity index is 3.85. The van der Waals surface area contributed by atoms with E-state index < -0.39 is 0 Å². The van der Waals surface area contributed by atoms with Crippen LogP contribution in [0.2, 0.25) is 0 Å². The summed E-state index contributed by atoms with van der Waals surface area (Å²) < 4.78 is 5.09. The predicted molar refractivity (Wildman–Crippen MR) is 58.9 cm³/mol. The van der Waals surface area contributed by atoms with Crippen LogP contribution in [0.1, 0.15) is 59.3 Å². The Bertz CT molecular complexity index is 183. The Labute approximate surface area is 87.3 Å². The van der Waals surface area contributed by atoms with Crippen LogP contribution in [0.5, 0.6) is 0 Å². The van der Waals surface area contributed by atoms with Gasteiger partial charge in [0.05, 0.1) is 0 Å². The molecule has 0 amide bonds. The van der Waals surface area contributed by atoms with Crippen molar-refractivity contribution < 1.29 is 9.53 Å². The maximum atomic E-state index is 10.8. The minimum Gasteiger partial charge on any atom is -0.432 e. The number of hydrogen-bond acceptors (Lipinski definition) is 2. The number of allylic oxidation sites excluding steroid dienone is 2. The topological polar surface area (TPSA) is 26.3 Å². The molecule has 0 radical (unpaired) electrons. The van der Waals surface area contributed by atoms with Crippen LogP contribution in [-0.2, 0) is 9.53 Å². The lowest BCUT2D eigenvalue weighted by molar-refractivity contribution is -0.137. The summed E-state index contributed by atoms with van der Waals surface area (Å²) >= 11 is 0. The first kappa shape index (κ1) is 13.2. The Morgan fingerprint density at radius 2 is 1.93 bits per heavy atom. The third kappa shape index (κ3) is 7.84. The fourth-order valence-electron chi connectivity index (χ4n) is 1.28. The van der Waals surface area contributed by atoms with Crippen molar-refractivity contribution in [2.75, 3.05) is 0 Å². The third-order valence-electron chi connectivity index (χ3n) is 1.95. The van der Waals surface area contributed by atoms with E-state index >= 15 is 0 Å². The summed E-state index contributed by atoms with van der Waals surface area (Å²) in [6.07, 6.45) is 8.63. The number of rotatable bonds is 7. The van der Waals surface area contributed by atoms with Gasteiger partial charge in [-0.05, 0) is 25.3 Å². The van der Waals surface area contributed by atoms with Gasteiger partial charge in [-0.3, -0.25) is 4.79 Å². The van der Waals surface area contributed by atoms with Crippen molar-refractivity contribution in [1.29, 1.82) is 0 Å². The van der Waals surface area contributed by atoms with E-state index in [9.17, 15) is 4.79 Å². The summed E-state index contributed by atoms with van der Waals surface area (Å²) in [5, 5.41) is 0. The molecular formula is C12H22O2. The zero-order chi connectivity index (χ0) is 10.8. The van der Waals surface area contributed by atoms with E-state index in [-0.39, 0.29) is 5.97 Å². The highest BCUT2D eigenvalue weighted by atomic mass is 16.5. The molecule has 0 atom stereocenters. The van der Waals surface area contributed by atoms with Crippen LogP contribution in [-0.4, -0.2) is 5.97 Å². The third-order valence-corrected chi connectivity index (χ3v) is 1.95. The molecule has 0 aromatic carbocycles. The van der Waals surface area contributed by atoms with Crippen molar-refractivity contribution in [3.8, 4) is 0 Å². The Morgan fingerprint density at radius 3 is 2.43 bits per heavy atom. The molecule has 0 aliphatic carbocycles. The maximum Gasteiger partial charge on any atom is 0.307 e. The number of hydrogen-bond donors (Lipinski definition) is 0. The molecule has 14 heavy (non-hydrogen) atoms. The lowest BCUT2D eigenvalue weighted by Gasteiger charge is -2.05. The minimum absolute atomic E-state index is 0.208. The van der Waals surface area contributed by atoms with Crippen molar-refractivity contribution in [3.63, 3.8) is 0 Å². The molecule has 0 aromatic rings. The van der Waals surface area contributed by atoms with E-state index in [0.29, 0.717) is 0 Å². The quantitative estimate of drug-likeness (QED) is 0.353. The SMILES string of the molecule is CCCCCC=C(CCC)OC(C)=O. The van der Waals surface area contributed by atoms with Crippen LogP contribution >= 0.6 is 0 Å². The molecule has 2 nitrogen and oxygen atoms in total. The zero-order valence-electron chi connectivity index (χ0n) is 9.64. The number of unbranched alkanes of at least 4 members (excludes halogenated alkanes) is 3. The van der Waals surface area contributed by atoms with Gasteiger partial charge in [0, 0.05) is 13.3 Å². The molecule has 0 saturated carbocycles. The summed E-state index contributed by atoms with van der Waals surface area (Å²) in [6.45, 7) is 5.72. The van der Waals surface area contributed by atoms with Crippen molar-refractivity contribution in [2.45, 2.75) is 59.3 Å². The Kier molecular flexibility index (Phi) is 8.30. The lowest BCUT2D eigenvalue weighted by atomic mass is 10.1. The van der Waals surface area contributed by atoms with Gasteiger partial charge in [-0.1, -0.05) is 26.7 Å². The van der Waals surface area contributed by atoms with Gasteiger partial charge >= 0.3 is 5.97 Å². The molecule has 2 heteroatoms. The lowest BCUT2D eigenvalue weighted by Crippen LogP contribution is -1.98. The highest BCUT2D eigenvalue weighted by Crippen LogP contribution is 2.10. The molecular weight excluding hydrogens is 176 g/mol. The summed E-state index contributed by atoms with van der Waals surface area (Å²) in [4.78, 5) is 10.8. The van der Waals surface area contributed by atoms with E-state index in [2.05, 4.69) is 19.9 Å². The van der Waals surface area contributed by atoms with Crippen LogP contribution in [0.4, 0.5) is 0 Å². The second-order valence-corrected chi connectivity index (χ2v) is 3.51. The van der Waals surface area contributed by atoms with Crippen LogP contribution in [0.15, 0.2) is 11.8 Å². The first-order valence-electron chi connectivity index (χ1n) is 5.58. The van der Waals surface area contributed by atoms with Crippen LogP contribution in [0.3, 0.4) is 0 Å². The monoisotopic (exact) mass is 198 g/mol. The van der Waals surface area contributed by atoms with Gasteiger partial charge in [0.2, 0.25) is 0 Å². The molecule has 82 valence electrons. The Hall–Kier alpha value is -0.790. The van der Waals surface area contributed by atoms with Gasteiger partial charge in [-0.25, -0.2) is 0 Å². The number of esters is 1. The fraction of sp³-hybridized carbons (Fsp3) is 0.750. The van der Waals surface area contributed by atoms with Crippen molar-refractivity contribution in [1.82, 2.24) is 0 Å². The molecule has 0 heterocycles. The molecule has 0 aliphatic heterocycles. The summed E-state index contributed by atoms with van der Waals surface area (Å²) in [6, 6.07) is 0. The average molecular weight is 198 g/mol. The van der Waals surface area contributed by atoms with Crippen molar-refractivity contribution in [3.05, 3.63) is 11.8 Å². The second kappa shape index (κ2) is 8.79. The summed E-state index contributed by atoms with van der Waals surface area (Å²) in [5.74, 6) is 0.635. The minimum atomic E-state index is -0.208. The van der Waals surface area contributed by atoms with Crippen LogP contribution in [0.25, 0.3) is 0 Å². The molecule has 0 bridgehead atoms. The second-order valence-electron chi connectivity index (χ2n) is 3.51. The number of carbonyl (C=O) groups excluding carboxylic acids is 1. The summed E-state index contributed by atoms with van der Waals surface area (Å²) in [7, 11) is 0. The van der Waals surface area contributed by atoms with Gasteiger partial charge in [-0.2, -0.15) is 0 Å². The van der Waals surface area contributed by atoms with E-state index in [1.165, 1.54) is 26.2 Å². The van der Waals surface area contributed by atoms with Gasteiger partial charge in [0.15, 0.2) is 0 Å². The molecule has 0 aliphatic rings. The van der Waals surface area contributed by atoms with Gasteiger partial charge < -0.3 is 4.74 Å². The van der Waals surface area contributed by atoms with Gasteiger partial charge in [0.1, 0.15) is 5.76 Å². The summed E-state index contributed by atoms with van der Waals surface area (Å²) in [5.41, 5.74) is 0. The predicted octanol–water partition coefficient (Wildman–Crippen LogP) is 3.81.